The van der Waals surface area contributed by atoms with Crippen molar-refractivity contribution in [3.8, 4) is 0 Å². The van der Waals surface area contributed by atoms with Gasteiger partial charge < -0.3 is 14.2 Å². The van der Waals surface area contributed by atoms with Crippen LogP contribution in [0.25, 0.3) is 0 Å². The first-order chi connectivity index (χ1) is 8.76. The van der Waals surface area contributed by atoms with Crippen LogP contribution in [0.5, 0.6) is 0 Å². The van der Waals surface area contributed by atoms with Crippen molar-refractivity contribution in [2.45, 2.75) is 71.7 Å². The summed E-state index contributed by atoms with van der Waals surface area (Å²) in [6.45, 7) is 8.30. The lowest BCUT2D eigenvalue weighted by molar-refractivity contribution is -0.358. The van der Waals surface area contributed by atoms with Gasteiger partial charge in [-0.3, -0.25) is 0 Å². The Morgan fingerprint density at radius 1 is 1.00 bits per heavy atom. The van der Waals surface area contributed by atoms with Crippen LogP contribution in [0.15, 0.2) is 0 Å². The van der Waals surface area contributed by atoms with Crippen molar-refractivity contribution in [2.24, 2.45) is 5.92 Å². The summed E-state index contributed by atoms with van der Waals surface area (Å²) in [5.74, 6) is -0.137. The molecule has 1 heterocycles. The highest BCUT2D eigenvalue weighted by Gasteiger charge is 2.42. The Balaban J connectivity index is 2.21. The fourth-order valence-corrected chi connectivity index (χ4v) is 2.62. The van der Waals surface area contributed by atoms with E-state index in [0.29, 0.717) is 19.1 Å². The Morgan fingerprint density at radius 3 is 2.28 bits per heavy atom. The van der Waals surface area contributed by atoms with Gasteiger partial charge in [-0.25, -0.2) is 0 Å². The number of ether oxygens (including phenoxy) is 3. The van der Waals surface area contributed by atoms with Crippen molar-refractivity contribution in [3.63, 3.8) is 0 Å². The third-order valence-electron chi connectivity index (χ3n) is 3.52. The molecule has 1 saturated heterocycles. The highest BCUT2D eigenvalue weighted by atomic mass is 16.9. The molecular formula is C15H30O3. The lowest BCUT2D eigenvalue weighted by atomic mass is 9.99. The molecule has 0 bridgehead atoms. The van der Waals surface area contributed by atoms with Crippen molar-refractivity contribution in [2.75, 3.05) is 19.8 Å². The number of rotatable bonds is 10. The van der Waals surface area contributed by atoms with Crippen LogP contribution in [0.1, 0.15) is 65.7 Å². The first-order valence-corrected chi connectivity index (χ1v) is 7.68. The lowest BCUT2D eigenvalue weighted by Crippen LogP contribution is -2.35. The molecule has 0 aromatic rings. The summed E-state index contributed by atoms with van der Waals surface area (Å²) in [6, 6.07) is 0. The highest BCUT2D eigenvalue weighted by molar-refractivity contribution is 4.74. The topological polar surface area (TPSA) is 27.7 Å². The van der Waals surface area contributed by atoms with Crippen molar-refractivity contribution in [3.05, 3.63) is 0 Å². The van der Waals surface area contributed by atoms with Crippen LogP contribution < -0.4 is 0 Å². The highest BCUT2D eigenvalue weighted by Crippen LogP contribution is 2.35. The van der Waals surface area contributed by atoms with Gasteiger partial charge in [0.2, 0.25) is 0 Å². The zero-order valence-electron chi connectivity index (χ0n) is 12.4. The second-order valence-corrected chi connectivity index (χ2v) is 5.13. The van der Waals surface area contributed by atoms with Crippen molar-refractivity contribution in [1.29, 1.82) is 0 Å². The van der Waals surface area contributed by atoms with E-state index in [-0.39, 0.29) is 0 Å². The maximum atomic E-state index is 5.77. The molecule has 0 unspecified atom stereocenters. The van der Waals surface area contributed by atoms with E-state index in [9.17, 15) is 0 Å². The molecule has 1 aliphatic rings. The monoisotopic (exact) mass is 258 g/mol. The van der Waals surface area contributed by atoms with Crippen molar-refractivity contribution in [1.82, 2.24) is 0 Å². The van der Waals surface area contributed by atoms with Crippen LogP contribution in [0.3, 0.4) is 0 Å². The molecule has 1 aliphatic heterocycles. The minimum absolute atomic E-state index is 0.602. The fourth-order valence-electron chi connectivity index (χ4n) is 2.62. The molecule has 0 aromatic carbocycles. The summed E-state index contributed by atoms with van der Waals surface area (Å²) >= 11 is 0. The van der Waals surface area contributed by atoms with E-state index in [4.69, 9.17) is 14.2 Å². The second-order valence-electron chi connectivity index (χ2n) is 5.13. The van der Waals surface area contributed by atoms with Crippen LogP contribution in [0, 0.1) is 5.92 Å². The SMILES string of the molecule is CCCCCCC[C@H]1COC(OCC)(OCC)C1. The summed E-state index contributed by atoms with van der Waals surface area (Å²) in [5.41, 5.74) is 0. The van der Waals surface area contributed by atoms with E-state index < -0.39 is 5.97 Å². The number of hydrogen-bond donors (Lipinski definition) is 0. The molecule has 1 rings (SSSR count). The predicted molar refractivity (Wildman–Crippen MR) is 73.4 cm³/mol. The smallest absolute Gasteiger partial charge is 0.283 e. The van der Waals surface area contributed by atoms with Gasteiger partial charge in [-0.1, -0.05) is 39.0 Å². The molecule has 108 valence electrons. The zero-order chi connectivity index (χ0) is 13.3. The molecule has 3 heteroatoms. The molecular weight excluding hydrogens is 228 g/mol. The third-order valence-corrected chi connectivity index (χ3v) is 3.52. The van der Waals surface area contributed by atoms with E-state index >= 15 is 0 Å². The maximum absolute atomic E-state index is 5.77. The Kier molecular flexibility index (Phi) is 7.87. The molecule has 0 aromatic heterocycles. The Morgan fingerprint density at radius 2 is 1.67 bits per heavy atom. The van der Waals surface area contributed by atoms with E-state index in [0.717, 1.165) is 13.0 Å². The van der Waals surface area contributed by atoms with E-state index in [1.54, 1.807) is 0 Å². The van der Waals surface area contributed by atoms with Crippen LogP contribution in [-0.4, -0.2) is 25.8 Å². The van der Waals surface area contributed by atoms with Gasteiger partial charge >= 0.3 is 0 Å². The third kappa shape index (κ3) is 5.25. The van der Waals surface area contributed by atoms with Gasteiger partial charge in [-0.05, 0) is 26.2 Å². The maximum Gasteiger partial charge on any atom is 0.283 e. The van der Waals surface area contributed by atoms with Crippen molar-refractivity contribution < 1.29 is 14.2 Å². The lowest BCUT2D eigenvalue weighted by Gasteiger charge is -2.27. The van der Waals surface area contributed by atoms with Gasteiger partial charge in [-0.15, -0.1) is 0 Å². The molecule has 0 radical (unpaired) electrons. The first-order valence-electron chi connectivity index (χ1n) is 7.68. The van der Waals surface area contributed by atoms with Gasteiger partial charge in [-0.2, -0.15) is 0 Å². The second kappa shape index (κ2) is 8.89. The molecule has 0 spiro atoms. The van der Waals surface area contributed by atoms with E-state index in [2.05, 4.69) is 6.92 Å². The van der Waals surface area contributed by atoms with Gasteiger partial charge in [0.15, 0.2) is 0 Å². The summed E-state index contributed by atoms with van der Waals surface area (Å²) < 4.78 is 17.1. The standard InChI is InChI=1S/C15H30O3/c1-4-7-8-9-10-11-14-12-15(16-5-2,17-6-3)18-13-14/h14H,4-13H2,1-3H3/t14-/m1/s1. The normalized spacial score (nSPS) is 22.5. The zero-order valence-corrected chi connectivity index (χ0v) is 12.4. The predicted octanol–water partition coefficient (Wildman–Crippen LogP) is 4.11. The van der Waals surface area contributed by atoms with Gasteiger partial charge in [0.05, 0.1) is 6.61 Å². The van der Waals surface area contributed by atoms with Crippen LogP contribution in [0.2, 0.25) is 0 Å². The Labute approximate surface area is 112 Å². The minimum Gasteiger partial charge on any atom is -0.328 e. The average Bonchev–Trinajstić information content (AvgIpc) is 2.73. The van der Waals surface area contributed by atoms with Gasteiger partial charge in [0, 0.05) is 19.6 Å². The van der Waals surface area contributed by atoms with Crippen LogP contribution in [-0.2, 0) is 14.2 Å². The molecule has 1 fully saturated rings. The molecule has 0 aliphatic carbocycles. The number of hydrogen-bond acceptors (Lipinski definition) is 3. The molecule has 18 heavy (non-hydrogen) atoms. The Hall–Kier alpha value is -0.120. The van der Waals surface area contributed by atoms with Crippen molar-refractivity contribution >= 4 is 0 Å². The molecule has 1 atom stereocenters. The summed E-state index contributed by atoms with van der Waals surface area (Å²) in [6.07, 6.45) is 8.83. The molecule has 3 nitrogen and oxygen atoms in total. The average molecular weight is 258 g/mol. The van der Waals surface area contributed by atoms with E-state index in [1.165, 1.54) is 38.5 Å². The van der Waals surface area contributed by atoms with Crippen LogP contribution in [0.4, 0.5) is 0 Å². The molecule has 0 N–H and O–H groups in total. The largest absolute Gasteiger partial charge is 0.328 e. The number of unbranched alkanes of at least 4 members (excludes halogenated alkanes) is 4. The van der Waals surface area contributed by atoms with E-state index in [1.807, 2.05) is 13.8 Å². The first kappa shape index (κ1) is 15.9. The molecule has 0 amide bonds. The fraction of sp³-hybridized carbons (Fsp3) is 1.00. The quantitative estimate of drug-likeness (QED) is 0.436. The summed E-state index contributed by atoms with van der Waals surface area (Å²) in [7, 11) is 0. The Bertz CT molecular complexity index is 200. The minimum atomic E-state index is -0.739. The summed E-state index contributed by atoms with van der Waals surface area (Å²) in [5, 5.41) is 0. The van der Waals surface area contributed by atoms with Gasteiger partial charge in [0.25, 0.3) is 5.97 Å². The van der Waals surface area contributed by atoms with Gasteiger partial charge in [0.1, 0.15) is 0 Å². The summed E-state index contributed by atoms with van der Waals surface area (Å²) in [4.78, 5) is 0. The molecule has 0 saturated carbocycles. The van der Waals surface area contributed by atoms with Crippen LogP contribution >= 0.6 is 0 Å².